The third-order valence-corrected chi connectivity index (χ3v) is 8.74. The zero-order valence-corrected chi connectivity index (χ0v) is 26.9. The summed E-state index contributed by atoms with van der Waals surface area (Å²) in [5.41, 5.74) is -0.199. The van der Waals surface area contributed by atoms with Crippen LogP contribution in [0.2, 0.25) is 0 Å². The molecular formula is C50H33NO. The number of benzene rings is 9. The van der Waals surface area contributed by atoms with Gasteiger partial charge in [0.1, 0.15) is 11.2 Å². The summed E-state index contributed by atoms with van der Waals surface area (Å²) in [6.07, 6.45) is 0. The van der Waals surface area contributed by atoms with Crippen LogP contribution in [0.1, 0.15) is 27.4 Å². The highest BCUT2D eigenvalue weighted by Gasteiger charge is 2.18. The van der Waals surface area contributed by atoms with Crippen LogP contribution in [0.25, 0.3) is 76.9 Å². The number of anilines is 3. The molecule has 2 nitrogen and oxygen atoms in total. The van der Waals surface area contributed by atoms with Gasteiger partial charge in [0.25, 0.3) is 0 Å². The molecule has 0 amide bonds. The maximum Gasteiger partial charge on any atom is 0.136 e. The first kappa shape index (κ1) is 16.0. The fourth-order valence-electron chi connectivity index (χ4n) is 6.35. The second-order valence-electron chi connectivity index (χ2n) is 11.7. The molecule has 0 saturated heterocycles. The minimum absolute atomic E-state index is 0.0477. The normalized spacial score (nSPS) is 16.8. The Labute approximate surface area is 330 Å². The van der Waals surface area contributed by atoms with Crippen molar-refractivity contribution in [2.45, 2.75) is 0 Å². The van der Waals surface area contributed by atoms with Crippen molar-refractivity contribution in [3.63, 3.8) is 0 Å². The number of nitrogens with zero attached hydrogens (tertiary/aromatic N) is 1. The molecule has 0 N–H and O–H groups in total. The monoisotopic (exact) mass is 683 g/mol. The largest absolute Gasteiger partial charge is 0.456 e. The van der Waals surface area contributed by atoms with E-state index in [0.717, 1.165) is 0 Å². The van der Waals surface area contributed by atoms with E-state index in [9.17, 15) is 8.22 Å². The van der Waals surface area contributed by atoms with Crippen molar-refractivity contribution in [2.24, 2.45) is 0 Å². The Kier molecular flexibility index (Phi) is 3.83. The Morgan fingerprint density at radius 2 is 1.08 bits per heavy atom. The summed E-state index contributed by atoms with van der Waals surface area (Å²) in [4.78, 5) is 1.46. The maximum atomic E-state index is 9.69. The first-order chi connectivity index (χ1) is 34.1. The number of hydrogen-bond acceptors (Lipinski definition) is 2. The van der Waals surface area contributed by atoms with E-state index < -0.39 is 143 Å². The highest BCUT2D eigenvalue weighted by molar-refractivity contribution is 6.19. The highest BCUT2D eigenvalue weighted by Crippen LogP contribution is 2.43. The van der Waals surface area contributed by atoms with Gasteiger partial charge in [0.15, 0.2) is 0 Å². The van der Waals surface area contributed by atoms with Crippen LogP contribution < -0.4 is 4.90 Å². The molecule has 0 bridgehead atoms. The summed E-state index contributed by atoms with van der Waals surface area (Å²) in [7, 11) is 0. The Balaban J connectivity index is 1.25. The van der Waals surface area contributed by atoms with Crippen molar-refractivity contribution in [1.82, 2.24) is 0 Å². The van der Waals surface area contributed by atoms with Crippen LogP contribution in [-0.2, 0) is 0 Å². The van der Waals surface area contributed by atoms with Crippen molar-refractivity contribution < 1.29 is 31.8 Å². The molecule has 0 atom stereocenters. The molecule has 0 spiro atoms. The summed E-state index contributed by atoms with van der Waals surface area (Å²) in [5, 5.41) is -1.61. The molecule has 1 aromatic heterocycles. The van der Waals surface area contributed by atoms with Gasteiger partial charge in [-0.2, -0.15) is 0 Å². The van der Waals surface area contributed by atoms with Gasteiger partial charge in [0.2, 0.25) is 0 Å². The Bertz CT molecular complexity index is 4010. The van der Waals surface area contributed by atoms with E-state index in [1.165, 1.54) is 29.2 Å². The second-order valence-corrected chi connectivity index (χ2v) is 11.7. The Hall–Kier alpha value is -6.90. The molecule has 9 aromatic carbocycles. The van der Waals surface area contributed by atoms with E-state index in [1.807, 2.05) is 18.2 Å². The van der Waals surface area contributed by atoms with E-state index in [-0.39, 0.29) is 55.0 Å². The van der Waals surface area contributed by atoms with E-state index in [2.05, 4.69) is 0 Å². The number of furan rings is 1. The molecule has 0 saturated carbocycles. The van der Waals surface area contributed by atoms with Crippen molar-refractivity contribution >= 4 is 60.5 Å². The van der Waals surface area contributed by atoms with Crippen LogP contribution in [0.3, 0.4) is 0 Å². The lowest BCUT2D eigenvalue weighted by Crippen LogP contribution is -2.11. The van der Waals surface area contributed by atoms with Gasteiger partial charge in [0, 0.05) is 27.7 Å². The van der Waals surface area contributed by atoms with Crippen LogP contribution in [0.4, 0.5) is 17.1 Å². The predicted octanol–water partition coefficient (Wildman–Crippen LogP) is 14.4. The molecule has 0 radical (unpaired) electrons. The molecule has 1 heterocycles. The molecule has 10 rings (SSSR count). The molecular weight excluding hydrogens is 631 g/mol. The fraction of sp³-hybridized carbons (Fsp3) is 0. The molecule has 52 heavy (non-hydrogen) atoms. The van der Waals surface area contributed by atoms with Crippen molar-refractivity contribution in [1.29, 1.82) is 0 Å². The fourth-order valence-corrected chi connectivity index (χ4v) is 6.35. The molecule has 0 aliphatic carbocycles. The first-order valence-electron chi connectivity index (χ1n) is 26.1. The lowest BCUT2D eigenvalue weighted by molar-refractivity contribution is 0.669. The minimum Gasteiger partial charge on any atom is -0.456 e. The van der Waals surface area contributed by atoms with Gasteiger partial charge in [-0.1, -0.05) is 151 Å². The third kappa shape index (κ3) is 5.12. The van der Waals surface area contributed by atoms with Crippen LogP contribution in [-0.4, -0.2) is 0 Å². The molecule has 0 aliphatic rings. The molecule has 0 aliphatic heterocycles. The van der Waals surface area contributed by atoms with Crippen LogP contribution in [0.5, 0.6) is 0 Å². The zero-order chi connectivity index (χ0) is 51.8. The Morgan fingerprint density at radius 1 is 0.404 bits per heavy atom. The topological polar surface area (TPSA) is 16.4 Å². The van der Waals surface area contributed by atoms with Gasteiger partial charge in [-0.3, -0.25) is 0 Å². The molecule has 244 valence electrons. The first-order valence-corrected chi connectivity index (χ1v) is 16.1. The van der Waals surface area contributed by atoms with Gasteiger partial charge < -0.3 is 9.32 Å². The quantitative estimate of drug-likeness (QED) is 0.173. The highest BCUT2D eigenvalue weighted by atomic mass is 16.3. The van der Waals surface area contributed by atoms with Gasteiger partial charge >= 0.3 is 0 Å². The second kappa shape index (κ2) is 12.5. The van der Waals surface area contributed by atoms with Gasteiger partial charge in [0.05, 0.1) is 33.1 Å². The standard InChI is InChI=1S/C50H33NO/c1-2-11-36(12-3-1)44-16-6-8-19-47(44)51(41-30-25-37(26-31-41)43-18-10-14-35-13-4-5-15-42(35)43)40-28-23-34(24-29-40)39-22-21-38-27-32-49-50(46(38)33-39)45-17-7-9-20-48(45)52-49/h1-33H/i4D,5D,7D,9D,10D,13D,14D,15D,17D,18D,20D,21D,22D,23D,24D,27D,28D,29D,32D,33D. The zero-order valence-electron chi connectivity index (χ0n) is 46.9. The van der Waals surface area contributed by atoms with E-state index in [0.29, 0.717) is 16.8 Å². The van der Waals surface area contributed by atoms with E-state index >= 15 is 0 Å². The lowest BCUT2D eigenvalue weighted by atomic mass is 9.97. The smallest absolute Gasteiger partial charge is 0.136 e. The van der Waals surface area contributed by atoms with Gasteiger partial charge in [-0.15, -0.1) is 0 Å². The van der Waals surface area contributed by atoms with Gasteiger partial charge in [-0.25, -0.2) is 0 Å². The van der Waals surface area contributed by atoms with Crippen molar-refractivity contribution in [3.8, 4) is 33.4 Å². The average Bonchev–Trinajstić information content (AvgIpc) is 3.79. The molecule has 0 unspecified atom stereocenters. The van der Waals surface area contributed by atoms with Crippen molar-refractivity contribution in [2.75, 3.05) is 4.90 Å². The summed E-state index contributed by atoms with van der Waals surface area (Å²) in [5.74, 6) is 0. The Morgan fingerprint density at radius 3 is 1.94 bits per heavy atom. The minimum atomic E-state index is -0.773. The SMILES string of the molecule is [2H]c1c([2H])c(N(c2ccc(-c3c([2H])c([2H])c([2H])c4c([2H])c([2H])c([2H])c([2H])c34)cc2)c2ccccc2-c2ccccc2)c([2H])c([2H])c1-c1c([2H])c([2H])c2c([2H])c([2H])c3oc4c([2H])c([2H])c([2H])c([2H])c4c3c2c1[2H]. The summed E-state index contributed by atoms with van der Waals surface area (Å²) >= 11 is 0. The molecule has 2 heteroatoms. The molecule has 0 fully saturated rings. The average molecular weight is 684 g/mol. The van der Waals surface area contributed by atoms with Crippen LogP contribution in [0.15, 0.2) is 204 Å². The summed E-state index contributed by atoms with van der Waals surface area (Å²) in [6.45, 7) is 0. The predicted molar refractivity (Wildman–Crippen MR) is 220 cm³/mol. The number of rotatable bonds is 6. The number of fused-ring (bicyclic) bond motifs is 6. The third-order valence-electron chi connectivity index (χ3n) is 8.74. The molecule has 10 aromatic rings. The summed E-state index contributed by atoms with van der Waals surface area (Å²) < 4.78 is 184. The lowest BCUT2D eigenvalue weighted by Gasteiger charge is -2.28. The van der Waals surface area contributed by atoms with Gasteiger partial charge in [-0.05, 0) is 97.8 Å². The van der Waals surface area contributed by atoms with Crippen LogP contribution >= 0.6 is 0 Å². The summed E-state index contributed by atoms with van der Waals surface area (Å²) in [6, 6.07) is 9.45. The van der Waals surface area contributed by atoms with Crippen LogP contribution in [0, 0.1) is 0 Å². The maximum absolute atomic E-state index is 9.69. The van der Waals surface area contributed by atoms with E-state index in [4.69, 9.17) is 23.6 Å². The van der Waals surface area contributed by atoms with Crippen molar-refractivity contribution in [3.05, 3.63) is 200 Å². The van der Waals surface area contributed by atoms with E-state index in [1.54, 1.807) is 36.4 Å². The number of para-hydroxylation sites is 2. The number of hydrogen-bond donors (Lipinski definition) is 0.